The van der Waals surface area contributed by atoms with Crippen molar-refractivity contribution >= 4 is 31.1 Å². The van der Waals surface area contributed by atoms with Crippen LogP contribution in [0.5, 0.6) is 0 Å². The molecule has 0 aliphatic heterocycles. The van der Waals surface area contributed by atoms with Crippen molar-refractivity contribution in [1.82, 2.24) is 5.32 Å². The van der Waals surface area contributed by atoms with Gasteiger partial charge in [0.15, 0.2) is 0 Å². The van der Waals surface area contributed by atoms with Crippen LogP contribution >= 0.6 is 0 Å². The number of ether oxygens (including phenoxy) is 2. The van der Waals surface area contributed by atoms with Crippen LogP contribution in [0.15, 0.2) is 30.3 Å². The fraction of sp³-hybridized carbons (Fsp3) is 0.640. The first-order chi connectivity index (χ1) is 15.2. The summed E-state index contributed by atoms with van der Waals surface area (Å²) < 4.78 is 10.2. The smallest absolute Gasteiger partial charge is 0.343 e. The van der Waals surface area contributed by atoms with Crippen molar-refractivity contribution in [3.8, 4) is 0 Å². The second-order valence-electron chi connectivity index (χ2n) is 8.90. The molecule has 0 bridgehead atoms. The minimum absolute atomic E-state index is 0.127. The predicted molar refractivity (Wildman–Crippen MR) is 130 cm³/mol. The van der Waals surface area contributed by atoms with E-state index in [1.54, 1.807) is 13.8 Å². The number of benzene rings is 1. The first-order valence-corrected chi connectivity index (χ1v) is 15.1. The van der Waals surface area contributed by atoms with Gasteiger partial charge >= 0.3 is 11.9 Å². The van der Waals surface area contributed by atoms with E-state index < -0.39 is 31.5 Å². The highest BCUT2D eigenvalue weighted by molar-refractivity contribution is 6.89. The van der Waals surface area contributed by atoms with Crippen LogP contribution in [0.3, 0.4) is 0 Å². The molecule has 0 saturated carbocycles. The molecule has 0 heterocycles. The molecule has 1 aromatic rings. The van der Waals surface area contributed by atoms with Gasteiger partial charge < -0.3 is 14.8 Å². The lowest BCUT2D eigenvalue weighted by Crippen LogP contribution is -2.61. The Morgan fingerprint density at radius 1 is 0.844 bits per heavy atom. The highest BCUT2D eigenvalue weighted by Gasteiger charge is 2.49. The maximum absolute atomic E-state index is 12.6. The lowest BCUT2D eigenvalue weighted by Gasteiger charge is -2.29. The highest BCUT2D eigenvalue weighted by Crippen LogP contribution is 2.22. The van der Waals surface area contributed by atoms with Crippen molar-refractivity contribution in [1.29, 1.82) is 0 Å². The number of amides is 1. The Kier molecular flexibility index (Phi) is 12.3. The topological polar surface area (TPSA) is 81.7 Å². The van der Waals surface area contributed by atoms with Crippen molar-refractivity contribution in [2.24, 2.45) is 0 Å². The van der Waals surface area contributed by atoms with Crippen molar-refractivity contribution < 1.29 is 23.9 Å². The lowest BCUT2D eigenvalue weighted by atomic mass is 9.91. The number of carbonyl (C=O) groups is 3. The third-order valence-electron chi connectivity index (χ3n) is 5.80. The third-order valence-corrected chi connectivity index (χ3v) is 9.30. The minimum Gasteiger partial charge on any atom is -0.464 e. The molecule has 6 nitrogen and oxygen atoms in total. The van der Waals surface area contributed by atoms with Crippen LogP contribution in [-0.4, -0.2) is 44.7 Å². The summed E-state index contributed by atoms with van der Waals surface area (Å²) in [5.41, 5.74) is -1.76. The SMILES string of the molecule is CCOC(=O)C(CCCCCCCC[Si](C)(C)c1ccccc1)(NC(C)=O)C(=O)OCC. The monoisotopic (exact) mass is 463 g/mol. The van der Waals surface area contributed by atoms with Crippen LogP contribution < -0.4 is 10.5 Å². The molecule has 7 heteroatoms. The van der Waals surface area contributed by atoms with Gasteiger partial charge in [-0.05, 0) is 26.7 Å². The molecule has 0 aliphatic carbocycles. The van der Waals surface area contributed by atoms with E-state index in [0.717, 1.165) is 19.3 Å². The van der Waals surface area contributed by atoms with Gasteiger partial charge in [-0.25, -0.2) is 9.59 Å². The number of hydrogen-bond donors (Lipinski definition) is 1. The Balaban J connectivity index is 2.50. The maximum atomic E-state index is 12.6. The summed E-state index contributed by atoms with van der Waals surface area (Å²) in [6.45, 7) is 9.73. The van der Waals surface area contributed by atoms with E-state index in [9.17, 15) is 14.4 Å². The number of hydrogen-bond acceptors (Lipinski definition) is 5. The molecule has 32 heavy (non-hydrogen) atoms. The zero-order chi connectivity index (χ0) is 24.0. The zero-order valence-electron chi connectivity index (χ0n) is 20.5. The van der Waals surface area contributed by atoms with E-state index in [4.69, 9.17) is 9.47 Å². The first-order valence-electron chi connectivity index (χ1n) is 11.9. The van der Waals surface area contributed by atoms with Gasteiger partial charge in [0.05, 0.1) is 21.3 Å². The van der Waals surface area contributed by atoms with Crippen LogP contribution in [0.1, 0.15) is 65.7 Å². The van der Waals surface area contributed by atoms with Crippen LogP contribution in [0.4, 0.5) is 0 Å². The molecular weight excluding hydrogens is 422 g/mol. The average molecular weight is 464 g/mol. The molecule has 0 spiro atoms. The van der Waals surface area contributed by atoms with Gasteiger partial charge in [-0.1, -0.05) is 86.8 Å². The van der Waals surface area contributed by atoms with E-state index in [1.165, 1.54) is 31.0 Å². The summed E-state index contributed by atoms with van der Waals surface area (Å²) in [7, 11) is -1.38. The van der Waals surface area contributed by atoms with Gasteiger partial charge in [0, 0.05) is 6.92 Å². The van der Waals surface area contributed by atoms with Crippen LogP contribution in [-0.2, 0) is 23.9 Å². The molecule has 0 atom stereocenters. The van der Waals surface area contributed by atoms with E-state index in [-0.39, 0.29) is 19.6 Å². The molecule has 0 fully saturated rings. The van der Waals surface area contributed by atoms with E-state index in [1.807, 2.05) is 0 Å². The van der Waals surface area contributed by atoms with Crippen LogP contribution in [0.2, 0.25) is 19.1 Å². The van der Waals surface area contributed by atoms with Crippen molar-refractivity contribution in [2.45, 2.75) is 90.4 Å². The van der Waals surface area contributed by atoms with Gasteiger partial charge in [-0.3, -0.25) is 4.79 Å². The Morgan fingerprint density at radius 3 is 1.84 bits per heavy atom. The Bertz CT molecular complexity index is 702. The summed E-state index contributed by atoms with van der Waals surface area (Å²) in [6.07, 6.45) is 6.21. The van der Waals surface area contributed by atoms with E-state index >= 15 is 0 Å². The quantitative estimate of drug-likeness (QED) is 0.181. The molecule has 0 saturated heterocycles. The minimum atomic E-state index is -1.76. The Labute approximate surface area is 194 Å². The number of esters is 2. The number of unbranched alkanes of at least 4 members (excludes halogenated alkanes) is 5. The van der Waals surface area contributed by atoms with Crippen molar-refractivity contribution in [3.05, 3.63) is 30.3 Å². The molecule has 1 aromatic carbocycles. The average Bonchev–Trinajstić information content (AvgIpc) is 2.75. The number of carbonyl (C=O) groups excluding carboxylic acids is 3. The third kappa shape index (κ3) is 8.77. The van der Waals surface area contributed by atoms with Crippen LogP contribution in [0.25, 0.3) is 0 Å². The van der Waals surface area contributed by atoms with E-state index in [0.29, 0.717) is 6.42 Å². The number of rotatable bonds is 15. The molecule has 0 radical (unpaired) electrons. The summed E-state index contributed by atoms with van der Waals surface area (Å²) in [5.74, 6) is -1.96. The summed E-state index contributed by atoms with van der Waals surface area (Å²) in [6, 6.07) is 12.1. The second-order valence-corrected chi connectivity index (χ2v) is 13.7. The summed E-state index contributed by atoms with van der Waals surface area (Å²) in [4.78, 5) is 36.9. The van der Waals surface area contributed by atoms with Gasteiger partial charge in [-0.2, -0.15) is 0 Å². The molecule has 1 amide bonds. The molecule has 0 aliphatic rings. The second kappa shape index (κ2) is 14.1. The van der Waals surface area contributed by atoms with Crippen molar-refractivity contribution in [3.63, 3.8) is 0 Å². The Morgan fingerprint density at radius 2 is 1.34 bits per heavy atom. The van der Waals surface area contributed by atoms with Gasteiger partial charge in [0.1, 0.15) is 0 Å². The summed E-state index contributed by atoms with van der Waals surface area (Å²) in [5, 5.41) is 4.03. The maximum Gasteiger partial charge on any atom is 0.343 e. The summed E-state index contributed by atoms with van der Waals surface area (Å²) >= 11 is 0. The molecule has 0 unspecified atom stereocenters. The van der Waals surface area contributed by atoms with E-state index in [2.05, 4.69) is 48.7 Å². The fourth-order valence-corrected chi connectivity index (χ4v) is 6.48. The van der Waals surface area contributed by atoms with Crippen molar-refractivity contribution in [2.75, 3.05) is 13.2 Å². The number of nitrogens with one attached hydrogen (secondary N) is 1. The highest BCUT2D eigenvalue weighted by atomic mass is 28.3. The molecule has 1 N–H and O–H groups in total. The standard InChI is InChI=1S/C25H41NO5Si/c1-6-30-23(28)25(26-21(3)27,24(29)31-7-2)19-15-10-8-9-11-16-20-32(4,5)22-17-13-12-14-18-22/h12-14,17-18H,6-11,15-16,19-20H2,1-5H3,(H,26,27). The fourth-order valence-electron chi connectivity index (χ4n) is 3.96. The van der Waals surface area contributed by atoms with Gasteiger partial charge in [0.2, 0.25) is 11.4 Å². The normalized spacial score (nSPS) is 11.7. The molecule has 1 rings (SSSR count). The zero-order valence-corrected chi connectivity index (χ0v) is 21.5. The van der Waals surface area contributed by atoms with Crippen LogP contribution in [0, 0.1) is 0 Å². The largest absolute Gasteiger partial charge is 0.464 e. The lowest BCUT2D eigenvalue weighted by molar-refractivity contribution is -0.168. The predicted octanol–water partition coefficient (Wildman–Crippen LogP) is 4.33. The molecule has 0 aromatic heterocycles. The van der Waals surface area contributed by atoms with Gasteiger partial charge in [-0.15, -0.1) is 0 Å². The Hall–Kier alpha value is -2.15. The molecule has 180 valence electrons. The first kappa shape index (κ1) is 27.9. The van der Waals surface area contributed by atoms with Gasteiger partial charge in [0.25, 0.3) is 0 Å². The molecular formula is C25H41NO5Si.